The number of carbonyl (C=O) groups excluding carboxylic acids is 1. The smallest absolute Gasteiger partial charge is 0.253 e. The second-order valence-electron chi connectivity index (χ2n) is 5.20. The predicted molar refractivity (Wildman–Crippen MR) is 84.0 cm³/mol. The molecule has 0 fully saturated rings. The van der Waals surface area contributed by atoms with Crippen LogP contribution >= 0.6 is 0 Å². The van der Waals surface area contributed by atoms with Crippen molar-refractivity contribution in [3.63, 3.8) is 0 Å². The van der Waals surface area contributed by atoms with Gasteiger partial charge in [0, 0.05) is 18.9 Å². The number of nitrogens with zero attached hydrogens (tertiary/aromatic N) is 5. The van der Waals surface area contributed by atoms with E-state index < -0.39 is 0 Å². The molecule has 7 heteroatoms. The van der Waals surface area contributed by atoms with Crippen molar-refractivity contribution in [3.8, 4) is 5.69 Å². The van der Waals surface area contributed by atoms with Gasteiger partial charge >= 0.3 is 0 Å². The number of rotatable bonds is 4. The van der Waals surface area contributed by atoms with E-state index in [4.69, 9.17) is 0 Å². The number of carbonyl (C=O) groups is 1. The summed E-state index contributed by atoms with van der Waals surface area (Å²) < 4.78 is 1.52. The van der Waals surface area contributed by atoms with Gasteiger partial charge in [-0.25, -0.2) is 0 Å². The number of tetrazole rings is 1. The molecular formula is C16H16N6O. The number of hydrogen-bond donors (Lipinski definition) is 1. The van der Waals surface area contributed by atoms with E-state index in [2.05, 4.69) is 25.8 Å². The number of aromatic nitrogens is 5. The first-order valence-corrected chi connectivity index (χ1v) is 7.17. The molecule has 0 atom stereocenters. The van der Waals surface area contributed by atoms with Crippen LogP contribution in [0.1, 0.15) is 27.0 Å². The van der Waals surface area contributed by atoms with E-state index >= 15 is 0 Å². The van der Waals surface area contributed by atoms with Gasteiger partial charge < -0.3 is 5.32 Å². The third-order valence-corrected chi connectivity index (χ3v) is 3.70. The highest BCUT2D eigenvalue weighted by molar-refractivity contribution is 5.98. The van der Waals surface area contributed by atoms with Crippen molar-refractivity contribution in [1.29, 1.82) is 0 Å². The third kappa shape index (κ3) is 3.08. The Morgan fingerprint density at radius 3 is 2.83 bits per heavy atom. The van der Waals surface area contributed by atoms with Gasteiger partial charge in [-0.15, -0.1) is 5.10 Å². The standard InChI is InChI=1S/C16H16N6O/c1-11-5-6-14(15(12(11)2)22-10-19-20-21-22)16(23)18-9-13-4-3-7-17-8-13/h3-8,10H,9H2,1-2H3,(H,18,23). The molecule has 0 spiro atoms. The second-order valence-corrected chi connectivity index (χ2v) is 5.20. The second kappa shape index (κ2) is 6.35. The molecule has 1 N–H and O–H groups in total. The Morgan fingerprint density at radius 1 is 1.26 bits per heavy atom. The van der Waals surface area contributed by atoms with E-state index in [1.165, 1.54) is 11.0 Å². The molecule has 0 saturated heterocycles. The number of aryl methyl sites for hydroxylation is 1. The van der Waals surface area contributed by atoms with Crippen LogP contribution in [0.15, 0.2) is 43.0 Å². The zero-order chi connectivity index (χ0) is 16.2. The van der Waals surface area contributed by atoms with Crippen LogP contribution < -0.4 is 5.32 Å². The SMILES string of the molecule is Cc1ccc(C(=O)NCc2cccnc2)c(-n2cnnn2)c1C. The number of hydrogen-bond acceptors (Lipinski definition) is 5. The number of benzene rings is 1. The van der Waals surface area contributed by atoms with Crippen LogP contribution in [0.2, 0.25) is 0 Å². The Bertz CT molecular complexity index is 814. The van der Waals surface area contributed by atoms with Crippen LogP contribution in [-0.2, 0) is 6.54 Å². The Kier molecular flexibility index (Phi) is 4.09. The molecule has 3 aromatic rings. The Morgan fingerprint density at radius 2 is 2.13 bits per heavy atom. The van der Waals surface area contributed by atoms with Gasteiger partial charge in [0.05, 0.1) is 11.3 Å². The highest BCUT2D eigenvalue weighted by Gasteiger charge is 2.17. The third-order valence-electron chi connectivity index (χ3n) is 3.70. The van der Waals surface area contributed by atoms with E-state index in [9.17, 15) is 4.79 Å². The van der Waals surface area contributed by atoms with Gasteiger partial charge in [0.2, 0.25) is 0 Å². The average molecular weight is 308 g/mol. The van der Waals surface area contributed by atoms with Crippen molar-refractivity contribution in [2.45, 2.75) is 20.4 Å². The van der Waals surface area contributed by atoms with Gasteiger partial charge in [-0.3, -0.25) is 9.78 Å². The Hall–Kier alpha value is -3.09. The highest BCUT2D eigenvalue weighted by Crippen LogP contribution is 2.21. The van der Waals surface area contributed by atoms with Crippen LogP contribution in [0.3, 0.4) is 0 Å². The monoisotopic (exact) mass is 308 g/mol. The van der Waals surface area contributed by atoms with E-state index in [1.807, 2.05) is 32.0 Å². The lowest BCUT2D eigenvalue weighted by Crippen LogP contribution is -2.25. The Balaban J connectivity index is 1.90. The van der Waals surface area contributed by atoms with Gasteiger partial charge in [0.25, 0.3) is 5.91 Å². The van der Waals surface area contributed by atoms with Gasteiger partial charge in [-0.1, -0.05) is 12.1 Å². The molecule has 0 unspecified atom stereocenters. The predicted octanol–water partition coefficient (Wildman–Crippen LogP) is 1.60. The van der Waals surface area contributed by atoms with Crippen molar-refractivity contribution in [2.24, 2.45) is 0 Å². The summed E-state index contributed by atoms with van der Waals surface area (Å²) in [5, 5.41) is 14.1. The summed E-state index contributed by atoms with van der Waals surface area (Å²) in [7, 11) is 0. The number of nitrogens with one attached hydrogen (secondary N) is 1. The lowest BCUT2D eigenvalue weighted by atomic mass is 10.0. The molecule has 0 aliphatic carbocycles. The maximum absolute atomic E-state index is 12.6. The maximum atomic E-state index is 12.6. The number of pyridine rings is 1. The van der Waals surface area contributed by atoms with Crippen molar-refractivity contribution in [2.75, 3.05) is 0 Å². The zero-order valence-electron chi connectivity index (χ0n) is 12.9. The van der Waals surface area contributed by atoms with Gasteiger partial charge in [0.15, 0.2) is 0 Å². The average Bonchev–Trinajstić information content (AvgIpc) is 3.10. The minimum atomic E-state index is -0.178. The van der Waals surface area contributed by atoms with Gasteiger partial charge in [-0.2, -0.15) is 4.68 Å². The normalized spacial score (nSPS) is 10.5. The molecule has 0 saturated carbocycles. The first-order valence-electron chi connectivity index (χ1n) is 7.17. The highest BCUT2D eigenvalue weighted by atomic mass is 16.1. The molecule has 23 heavy (non-hydrogen) atoms. The first kappa shape index (κ1) is 14.8. The van der Waals surface area contributed by atoms with Crippen molar-refractivity contribution < 1.29 is 4.79 Å². The minimum absolute atomic E-state index is 0.178. The summed E-state index contributed by atoms with van der Waals surface area (Å²) in [6.07, 6.45) is 4.91. The lowest BCUT2D eigenvalue weighted by molar-refractivity contribution is 0.0950. The summed E-state index contributed by atoms with van der Waals surface area (Å²) in [6.45, 7) is 4.35. The molecule has 0 radical (unpaired) electrons. The quantitative estimate of drug-likeness (QED) is 0.791. The topological polar surface area (TPSA) is 85.6 Å². The molecule has 2 aromatic heterocycles. The van der Waals surface area contributed by atoms with Crippen LogP contribution in [0, 0.1) is 13.8 Å². The van der Waals surface area contributed by atoms with Crippen LogP contribution in [-0.4, -0.2) is 31.1 Å². The molecule has 0 aliphatic heterocycles. The van der Waals surface area contributed by atoms with E-state index in [0.717, 1.165) is 16.7 Å². The minimum Gasteiger partial charge on any atom is -0.348 e. The fraction of sp³-hybridized carbons (Fsp3) is 0.188. The fourth-order valence-corrected chi connectivity index (χ4v) is 2.32. The molecule has 116 valence electrons. The summed E-state index contributed by atoms with van der Waals surface area (Å²) in [5.74, 6) is -0.178. The molecular weight excluding hydrogens is 292 g/mol. The molecule has 7 nitrogen and oxygen atoms in total. The van der Waals surface area contributed by atoms with Gasteiger partial charge in [0.1, 0.15) is 6.33 Å². The molecule has 0 bridgehead atoms. The fourth-order valence-electron chi connectivity index (χ4n) is 2.32. The van der Waals surface area contributed by atoms with Crippen molar-refractivity contribution in [1.82, 2.24) is 30.5 Å². The lowest BCUT2D eigenvalue weighted by Gasteiger charge is -2.14. The van der Waals surface area contributed by atoms with Crippen LogP contribution in [0.4, 0.5) is 0 Å². The molecule has 2 heterocycles. The summed E-state index contributed by atoms with van der Waals surface area (Å²) in [5.41, 5.74) is 4.20. The summed E-state index contributed by atoms with van der Waals surface area (Å²) in [4.78, 5) is 16.6. The first-order chi connectivity index (χ1) is 11.2. The van der Waals surface area contributed by atoms with Crippen LogP contribution in [0.25, 0.3) is 5.69 Å². The van der Waals surface area contributed by atoms with Crippen molar-refractivity contribution >= 4 is 5.91 Å². The summed E-state index contributed by atoms with van der Waals surface area (Å²) >= 11 is 0. The van der Waals surface area contributed by atoms with E-state index in [-0.39, 0.29) is 5.91 Å². The largest absolute Gasteiger partial charge is 0.348 e. The molecule has 3 rings (SSSR count). The van der Waals surface area contributed by atoms with Gasteiger partial charge in [-0.05, 0) is 53.1 Å². The maximum Gasteiger partial charge on any atom is 0.253 e. The Labute approximate surface area is 133 Å². The zero-order valence-corrected chi connectivity index (χ0v) is 12.9. The number of amides is 1. The van der Waals surface area contributed by atoms with E-state index in [0.29, 0.717) is 17.8 Å². The molecule has 1 amide bonds. The molecule has 1 aromatic carbocycles. The molecule has 0 aliphatic rings. The van der Waals surface area contributed by atoms with Crippen molar-refractivity contribution in [3.05, 3.63) is 65.2 Å². The van der Waals surface area contributed by atoms with Crippen LogP contribution in [0.5, 0.6) is 0 Å². The van der Waals surface area contributed by atoms with E-state index in [1.54, 1.807) is 18.5 Å². The summed E-state index contributed by atoms with van der Waals surface area (Å²) in [6, 6.07) is 7.46.